The average Bonchev–Trinajstić information content (AvgIpc) is 3.21. The van der Waals surface area contributed by atoms with Crippen LogP contribution in [0.3, 0.4) is 0 Å². The lowest BCUT2D eigenvalue weighted by molar-refractivity contribution is 0.976. The molecule has 0 N–H and O–H groups in total. The number of hydrogen-bond acceptors (Lipinski definition) is 1. The van der Waals surface area contributed by atoms with Crippen LogP contribution in [0.4, 0.5) is 17.1 Å². The SMILES string of the molecule is C1=Cc2cccc(-c3cc4cc(-c5ccc(N(c6ccccc6)c6cccc7ccccc67)cc5)c5ccccc5c4c4c3CCC=C4)c2CC1. The van der Waals surface area contributed by atoms with Crippen LogP contribution in [0.25, 0.3) is 66.7 Å². The minimum atomic E-state index is 1.07. The predicted molar refractivity (Wildman–Crippen MR) is 219 cm³/mol. The van der Waals surface area contributed by atoms with Gasteiger partial charge in [0.05, 0.1) is 5.69 Å². The maximum Gasteiger partial charge on any atom is 0.0540 e. The van der Waals surface area contributed by atoms with E-state index in [-0.39, 0.29) is 0 Å². The van der Waals surface area contributed by atoms with Crippen molar-refractivity contribution in [3.63, 3.8) is 0 Å². The molecule has 51 heavy (non-hydrogen) atoms. The van der Waals surface area contributed by atoms with Gasteiger partial charge in [-0.05, 0) is 140 Å². The highest BCUT2D eigenvalue weighted by atomic mass is 15.1. The van der Waals surface area contributed by atoms with E-state index in [4.69, 9.17) is 0 Å². The zero-order chi connectivity index (χ0) is 33.7. The van der Waals surface area contributed by atoms with Crippen molar-refractivity contribution in [1.82, 2.24) is 0 Å². The standard InChI is InChI=1S/C50H37N/c1-2-18-38(19-3-1)51(49-27-13-17-35-15-5-7-21-41(35)49)39-30-28-36(29-31-39)47-32-37-33-48(42-26-12-16-34-14-4-6-20-40(34)42)44-23-9-11-25-46(44)50(37)45-24-10-8-22-43(45)47/h1-5,7-8,10-19,21-22,24-33H,6,9,20,23H2. The molecule has 0 saturated heterocycles. The Kier molecular flexibility index (Phi) is 7.17. The smallest absolute Gasteiger partial charge is 0.0540 e. The number of allylic oxidation sites excluding steroid dienone is 2. The fraction of sp³-hybridized carbons (Fsp3) is 0.0800. The highest BCUT2D eigenvalue weighted by Gasteiger charge is 2.22. The molecule has 8 aromatic carbocycles. The lowest BCUT2D eigenvalue weighted by Crippen LogP contribution is -2.10. The van der Waals surface area contributed by atoms with Gasteiger partial charge in [0, 0.05) is 16.8 Å². The summed E-state index contributed by atoms with van der Waals surface area (Å²) in [4.78, 5) is 2.38. The zero-order valence-corrected chi connectivity index (χ0v) is 28.5. The van der Waals surface area contributed by atoms with Gasteiger partial charge in [0.1, 0.15) is 0 Å². The van der Waals surface area contributed by atoms with Crippen LogP contribution in [0.15, 0.2) is 164 Å². The zero-order valence-electron chi connectivity index (χ0n) is 28.5. The van der Waals surface area contributed by atoms with E-state index in [1.54, 1.807) is 0 Å². The van der Waals surface area contributed by atoms with Crippen LogP contribution in [0.5, 0.6) is 0 Å². The molecule has 242 valence electrons. The number of nitrogens with zero attached hydrogens (tertiary/aromatic N) is 1. The molecule has 1 nitrogen and oxygen atoms in total. The molecular formula is C50H37N. The van der Waals surface area contributed by atoms with Gasteiger partial charge in [0.25, 0.3) is 0 Å². The van der Waals surface area contributed by atoms with Gasteiger partial charge in [-0.2, -0.15) is 0 Å². The second kappa shape index (κ2) is 12.3. The van der Waals surface area contributed by atoms with Crippen LogP contribution < -0.4 is 4.90 Å². The summed E-state index contributed by atoms with van der Waals surface area (Å²) in [5.74, 6) is 0. The lowest BCUT2D eigenvalue weighted by Gasteiger charge is -2.27. The molecule has 0 unspecified atom stereocenters. The molecular weight excluding hydrogens is 615 g/mol. The van der Waals surface area contributed by atoms with E-state index in [0.29, 0.717) is 0 Å². The maximum atomic E-state index is 2.50. The van der Waals surface area contributed by atoms with Crippen LogP contribution in [0, 0.1) is 0 Å². The molecule has 0 amide bonds. The Morgan fingerprint density at radius 1 is 0.431 bits per heavy atom. The molecule has 0 aromatic heterocycles. The third-order valence-corrected chi connectivity index (χ3v) is 11.0. The van der Waals surface area contributed by atoms with E-state index in [1.165, 1.54) is 82.5 Å². The molecule has 1 heteroatoms. The topological polar surface area (TPSA) is 3.24 Å². The van der Waals surface area contributed by atoms with Gasteiger partial charge < -0.3 is 4.90 Å². The summed E-state index contributed by atoms with van der Waals surface area (Å²) in [6.45, 7) is 0. The van der Waals surface area contributed by atoms with Gasteiger partial charge in [-0.1, -0.05) is 133 Å². The highest BCUT2D eigenvalue weighted by Crippen LogP contribution is 2.45. The molecule has 0 bridgehead atoms. The van der Waals surface area contributed by atoms with E-state index in [1.807, 2.05) is 0 Å². The number of para-hydroxylation sites is 1. The maximum absolute atomic E-state index is 2.50. The Balaban J connectivity index is 1.16. The number of anilines is 3. The third kappa shape index (κ3) is 5.00. The Morgan fingerprint density at radius 3 is 1.96 bits per heavy atom. The Morgan fingerprint density at radius 2 is 1.10 bits per heavy atom. The van der Waals surface area contributed by atoms with Crippen molar-refractivity contribution in [2.24, 2.45) is 0 Å². The van der Waals surface area contributed by atoms with Gasteiger partial charge in [0.15, 0.2) is 0 Å². The van der Waals surface area contributed by atoms with Crippen LogP contribution >= 0.6 is 0 Å². The van der Waals surface area contributed by atoms with E-state index in [0.717, 1.165) is 37.1 Å². The summed E-state index contributed by atoms with van der Waals surface area (Å²) in [6, 6.07) is 56.0. The lowest BCUT2D eigenvalue weighted by atomic mass is 9.80. The minimum absolute atomic E-state index is 1.07. The van der Waals surface area contributed by atoms with Crippen LogP contribution in [-0.4, -0.2) is 0 Å². The largest absolute Gasteiger partial charge is 0.310 e. The van der Waals surface area contributed by atoms with Crippen molar-refractivity contribution in [1.29, 1.82) is 0 Å². The first kappa shape index (κ1) is 29.7. The van der Waals surface area contributed by atoms with E-state index >= 15 is 0 Å². The first-order valence-electron chi connectivity index (χ1n) is 18.2. The van der Waals surface area contributed by atoms with Crippen molar-refractivity contribution in [3.05, 3.63) is 186 Å². The van der Waals surface area contributed by atoms with E-state index < -0.39 is 0 Å². The molecule has 0 heterocycles. The molecule has 8 aromatic rings. The monoisotopic (exact) mass is 651 g/mol. The van der Waals surface area contributed by atoms with Crippen LogP contribution in [0.2, 0.25) is 0 Å². The third-order valence-electron chi connectivity index (χ3n) is 11.0. The fourth-order valence-corrected chi connectivity index (χ4v) is 8.64. The van der Waals surface area contributed by atoms with E-state index in [9.17, 15) is 0 Å². The number of hydrogen-bond donors (Lipinski definition) is 0. The van der Waals surface area contributed by atoms with Crippen LogP contribution in [0.1, 0.15) is 35.1 Å². The average molecular weight is 652 g/mol. The summed E-state index contributed by atoms with van der Waals surface area (Å²) >= 11 is 0. The highest BCUT2D eigenvalue weighted by molar-refractivity contribution is 6.18. The molecule has 0 fully saturated rings. The Bertz CT molecular complexity index is 2670. The normalized spacial score (nSPS) is 13.4. The van der Waals surface area contributed by atoms with Gasteiger partial charge in [0.2, 0.25) is 0 Å². The number of fused-ring (bicyclic) bond motifs is 7. The first-order valence-corrected chi connectivity index (χ1v) is 18.2. The second-order valence-corrected chi connectivity index (χ2v) is 13.9. The van der Waals surface area contributed by atoms with Gasteiger partial charge in [-0.25, -0.2) is 0 Å². The van der Waals surface area contributed by atoms with Crippen molar-refractivity contribution >= 4 is 61.5 Å². The summed E-state index contributed by atoms with van der Waals surface area (Å²) in [5, 5.41) is 7.76. The van der Waals surface area contributed by atoms with Gasteiger partial charge in [-0.3, -0.25) is 0 Å². The molecule has 0 atom stereocenters. The Hall–Kier alpha value is -6.18. The van der Waals surface area contributed by atoms with Crippen LogP contribution in [-0.2, 0) is 12.8 Å². The van der Waals surface area contributed by atoms with Crippen molar-refractivity contribution < 1.29 is 0 Å². The Labute approximate surface area is 299 Å². The van der Waals surface area contributed by atoms with Gasteiger partial charge in [-0.15, -0.1) is 0 Å². The summed E-state index contributed by atoms with van der Waals surface area (Å²) in [6.07, 6.45) is 13.7. The van der Waals surface area contributed by atoms with Crippen molar-refractivity contribution in [3.8, 4) is 22.3 Å². The van der Waals surface area contributed by atoms with Crippen molar-refractivity contribution in [2.45, 2.75) is 25.7 Å². The van der Waals surface area contributed by atoms with E-state index in [2.05, 4.69) is 181 Å². The summed E-state index contributed by atoms with van der Waals surface area (Å²) in [5.41, 5.74) is 14.5. The van der Waals surface area contributed by atoms with Gasteiger partial charge >= 0.3 is 0 Å². The van der Waals surface area contributed by atoms with Crippen molar-refractivity contribution in [2.75, 3.05) is 4.90 Å². The predicted octanol–water partition coefficient (Wildman–Crippen LogP) is 13.9. The molecule has 0 saturated carbocycles. The number of rotatable bonds is 5. The quantitative estimate of drug-likeness (QED) is 0.167. The fourth-order valence-electron chi connectivity index (χ4n) is 8.64. The molecule has 2 aliphatic rings. The first-order chi connectivity index (χ1) is 25.3. The minimum Gasteiger partial charge on any atom is -0.310 e. The summed E-state index contributed by atoms with van der Waals surface area (Å²) < 4.78 is 0. The molecule has 0 aliphatic heterocycles. The molecule has 2 aliphatic carbocycles. The molecule has 0 spiro atoms. The summed E-state index contributed by atoms with van der Waals surface area (Å²) in [7, 11) is 0. The number of benzene rings is 8. The molecule has 10 rings (SSSR count). The molecule has 0 radical (unpaired) electrons. The second-order valence-electron chi connectivity index (χ2n) is 13.9.